The van der Waals surface area contributed by atoms with Gasteiger partial charge in [-0.05, 0) is 12.0 Å². The van der Waals surface area contributed by atoms with E-state index >= 15 is 0 Å². The van der Waals surface area contributed by atoms with E-state index in [2.05, 4.69) is 15.6 Å². The molecule has 0 aromatic carbocycles. The lowest BCUT2D eigenvalue weighted by Crippen LogP contribution is -2.24. The number of hydrogen-bond donors (Lipinski definition) is 3. The number of hydrazine groups is 1. The standard InChI is InChI=1S/C5H10N4/c6-7-2-1-5-3-8-9-4-5/h3-4,7H,1-2,6H2,(H,8,9). The summed E-state index contributed by atoms with van der Waals surface area (Å²) in [6.07, 6.45) is 4.57. The van der Waals surface area contributed by atoms with Gasteiger partial charge in [0.25, 0.3) is 0 Å². The molecular weight excluding hydrogens is 116 g/mol. The molecule has 0 saturated carbocycles. The number of H-pyrrole nitrogens is 1. The lowest BCUT2D eigenvalue weighted by atomic mass is 10.3. The number of hydrogen-bond acceptors (Lipinski definition) is 3. The molecule has 9 heavy (non-hydrogen) atoms. The summed E-state index contributed by atoms with van der Waals surface area (Å²) in [5.41, 5.74) is 3.74. The van der Waals surface area contributed by atoms with Gasteiger partial charge in [-0.25, -0.2) is 0 Å². The van der Waals surface area contributed by atoms with Crippen LogP contribution >= 0.6 is 0 Å². The average molecular weight is 126 g/mol. The van der Waals surface area contributed by atoms with Gasteiger partial charge in [0, 0.05) is 12.7 Å². The maximum Gasteiger partial charge on any atom is 0.0519 e. The Morgan fingerprint density at radius 2 is 2.67 bits per heavy atom. The minimum Gasteiger partial charge on any atom is -0.285 e. The fraction of sp³-hybridized carbons (Fsp3) is 0.400. The van der Waals surface area contributed by atoms with E-state index in [0.29, 0.717) is 0 Å². The molecule has 1 aromatic rings. The highest BCUT2D eigenvalue weighted by Crippen LogP contribution is 1.91. The summed E-state index contributed by atoms with van der Waals surface area (Å²) in [6.45, 7) is 0.791. The van der Waals surface area contributed by atoms with Crippen molar-refractivity contribution in [1.82, 2.24) is 15.6 Å². The molecular formula is C5H10N4. The van der Waals surface area contributed by atoms with Crippen molar-refractivity contribution in [3.05, 3.63) is 18.0 Å². The lowest BCUT2D eigenvalue weighted by Gasteiger charge is -1.92. The predicted molar refractivity (Wildman–Crippen MR) is 34.5 cm³/mol. The van der Waals surface area contributed by atoms with Crippen molar-refractivity contribution >= 4 is 0 Å². The molecule has 4 N–H and O–H groups in total. The molecule has 1 aromatic heterocycles. The molecule has 0 spiro atoms. The maximum atomic E-state index is 5.06. The van der Waals surface area contributed by atoms with Crippen LogP contribution in [0.1, 0.15) is 5.56 Å². The Bertz CT molecular complexity index is 146. The Morgan fingerprint density at radius 3 is 3.22 bits per heavy atom. The van der Waals surface area contributed by atoms with E-state index in [1.807, 2.05) is 6.20 Å². The Balaban J connectivity index is 2.30. The van der Waals surface area contributed by atoms with Crippen LogP contribution in [0.5, 0.6) is 0 Å². The van der Waals surface area contributed by atoms with E-state index in [1.54, 1.807) is 6.20 Å². The molecule has 0 amide bonds. The van der Waals surface area contributed by atoms with Crippen molar-refractivity contribution in [2.24, 2.45) is 5.84 Å². The van der Waals surface area contributed by atoms with E-state index in [1.165, 1.54) is 5.56 Å². The molecule has 0 aliphatic carbocycles. The van der Waals surface area contributed by atoms with E-state index in [-0.39, 0.29) is 0 Å². The molecule has 0 aliphatic rings. The summed E-state index contributed by atoms with van der Waals surface area (Å²) >= 11 is 0. The van der Waals surface area contributed by atoms with Crippen LogP contribution in [0.15, 0.2) is 12.4 Å². The molecule has 0 fully saturated rings. The SMILES string of the molecule is NNCCc1cn[nH]c1. The number of nitrogens with one attached hydrogen (secondary N) is 2. The van der Waals surface area contributed by atoms with Crippen molar-refractivity contribution in [2.45, 2.75) is 6.42 Å². The van der Waals surface area contributed by atoms with E-state index < -0.39 is 0 Å². The second kappa shape index (κ2) is 3.21. The highest BCUT2D eigenvalue weighted by atomic mass is 15.2. The summed E-state index contributed by atoms with van der Waals surface area (Å²) in [4.78, 5) is 0. The third-order valence-electron chi connectivity index (χ3n) is 1.11. The first-order valence-electron chi connectivity index (χ1n) is 2.84. The zero-order valence-electron chi connectivity index (χ0n) is 5.09. The molecule has 0 bridgehead atoms. The minimum atomic E-state index is 0.791. The van der Waals surface area contributed by atoms with Crippen molar-refractivity contribution in [3.63, 3.8) is 0 Å². The second-order valence-electron chi connectivity index (χ2n) is 1.81. The monoisotopic (exact) mass is 126 g/mol. The number of rotatable bonds is 3. The molecule has 1 rings (SSSR count). The third-order valence-corrected chi connectivity index (χ3v) is 1.11. The van der Waals surface area contributed by atoms with E-state index in [9.17, 15) is 0 Å². The molecule has 4 nitrogen and oxygen atoms in total. The minimum absolute atomic E-state index is 0.791. The van der Waals surface area contributed by atoms with Crippen LogP contribution in [0.25, 0.3) is 0 Å². The number of nitrogens with zero attached hydrogens (tertiary/aromatic N) is 1. The second-order valence-corrected chi connectivity index (χ2v) is 1.81. The fourth-order valence-corrected chi connectivity index (χ4v) is 0.631. The first-order valence-corrected chi connectivity index (χ1v) is 2.84. The molecule has 4 heteroatoms. The van der Waals surface area contributed by atoms with Gasteiger partial charge in [-0.3, -0.25) is 16.4 Å². The molecule has 0 atom stereocenters. The average Bonchev–Trinajstić information content (AvgIpc) is 2.34. The maximum absolute atomic E-state index is 5.06. The van der Waals surface area contributed by atoms with Crippen LogP contribution in [-0.4, -0.2) is 16.7 Å². The first kappa shape index (κ1) is 6.25. The molecule has 0 unspecified atom stereocenters. The Labute approximate surface area is 53.4 Å². The van der Waals surface area contributed by atoms with Crippen LogP contribution in [0.2, 0.25) is 0 Å². The molecule has 1 heterocycles. The van der Waals surface area contributed by atoms with Gasteiger partial charge in [-0.1, -0.05) is 0 Å². The largest absolute Gasteiger partial charge is 0.285 e. The Kier molecular flexibility index (Phi) is 2.23. The van der Waals surface area contributed by atoms with Gasteiger partial charge >= 0.3 is 0 Å². The van der Waals surface area contributed by atoms with Crippen LogP contribution in [0.4, 0.5) is 0 Å². The van der Waals surface area contributed by atoms with Gasteiger partial charge < -0.3 is 0 Å². The normalized spacial score (nSPS) is 9.89. The van der Waals surface area contributed by atoms with Gasteiger partial charge in [0.05, 0.1) is 6.20 Å². The summed E-state index contributed by atoms with van der Waals surface area (Å²) in [5, 5.41) is 6.50. The molecule has 0 radical (unpaired) electrons. The first-order chi connectivity index (χ1) is 4.43. The van der Waals surface area contributed by atoms with Gasteiger partial charge in [0.15, 0.2) is 0 Å². The van der Waals surface area contributed by atoms with Crippen molar-refractivity contribution < 1.29 is 0 Å². The van der Waals surface area contributed by atoms with Crippen LogP contribution in [-0.2, 0) is 6.42 Å². The highest BCUT2D eigenvalue weighted by Gasteiger charge is 1.89. The van der Waals surface area contributed by atoms with Crippen LogP contribution in [0.3, 0.4) is 0 Å². The zero-order chi connectivity index (χ0) is 6.53. The predicted octanol–water partition coefficient (Wildman–Crippen LogP) is -0.585. The van der Waals surface area contributed by atoms with Gasteiger partial charge in [-0.2, -0.15) is 5.10 Å². The quantitative estimate of drug-likeness (QED) is 0.375. The summed E-state index contributed by atoms with van der Waals surface area (Å²) < 4.78 is 0. The topological polar surface area (TPSA) is 66.7 Å². The number of nitrogens with two attached hydrogens (primary N) is 1. The summed E-state index contributed by atoms with van der Waals surface area (Å²) in [6, 6.07) is 0. The van der Waals surface area contributed by atoms with Crippen LogP contribution in [0, 0.1) is 0 Å². The zero-order valence-corrected chi connectivity index (χ0v) is 5.09. The smallest absolute Gasteiger partial charge is 0.0519 e. The van der Waals surface area contributed by atoms with Crippen LogP contribution < -0.4 is 11.3 Å². The summed E-state index contributed by atoms with van der Waals surface area (Å²) in [7, 11) is 0. The van der Waals surface area contributed by atoms with Gasteiger partial charge in [0.1, 0.15) is 0 Å². The highest BCUT2D eigenvalue weighted by molar-refractivity contribution is 5.02. The van der Waals surface area contributed by atoms with E-state index in [4.69, 9.17) is 5.84 Å². The molecule has 0 aliphatic heterocycles. The van der Waals surface area contributed by atoms with Crippen molar-refractivity contribution in [3.8, 4) is 0 Å². The fourth-order valence-electron chi connectivity index (χ4n) is 0.631. The van der Waals surface area contributed by atoms with Gasteiger partial charge in [0.2, 0.25) is 0 Å². The molecule has 0 saturated heterocycles. The Hall–Kier alpha value is -0.870. The van der Waals surface area contributed by atoms with Crippen molar-refractivity contribution in [2.75, 3.05) is 6.54 Å². The number of aromatic nitrogens is 2. The molecule has 50 valence electrons. The number of aromatic amines is 1. The lowest BCUT2D eigenvalue weighted by molar-refractivity contribution is 0.729. The third kappa shape index (κ3) is 1.83. The van der Waals surface area contributed by atoms with Gasteiger partial charge in [-0.15, -0.1) is 0 Å². The van der Waals surface area contributed by atoms with Crippen molar-refractivity contribution in [1.29, 1.82) is 0 Å². The summed E-state index contributed by atoms with van der Waals surface area (Å²) in [5.74, 6) is 5.06. The van der Waals surface area contributed by atoms with E-state index in [0.717, 1.165) is 13.0 Å². The Morgan fingerprint density at radius 1 is 1.78 bits per heavy atom.